The number of aliphatic imine (C=N–C) groups is 1. The first kappa shape index (κ1) is 15.3. The van der Waals surface area contributed by atoms with Crippen molar-refractivity contribution in [2.75, 3.05) is 0 Å². The molecule has 2 nitrogen and oxygen atoms in total. The van der Waals surface area contributed by atoms with Crippen molar-refractivity contribution < 1.29 is 5.11 Å². The topological polar surface area (TPSA) is 32.6 Å². The van der Waals surface area contributed by atoms with E-state index in [9.17, 15) is 5.11 Å². The Balaban J connectivity index is 2.30. The van der Waals surface area contributed by atoms with Crippen molar-refractivity contribution in [3.63, 3.8) is 0 Å². The summed E-state index contributed by atoms with van der Waals surface area (Å²) >= 11 is 6.92. The van der Waals surface area contributed by atoms with Crippen LogP contribution in [0.4, 0.5) is 5.69 Å². The summed E-state index contributed by atoms with van der Waals surface area (Å²) in [6.07, 6.45) is 1.66. The van der Waals surface area contributed by atoms with Crippen LogP contribution in [0.3, 0.4) is 0 Å². The third-order valence-corrected chi connectivity index (χ3v) is 4.10. The molecular weight excluding hydrogens is 382 g/mol. The third kappa shape index (κ3) is 3.70. The fourth-order valence-corrected chi connectivity index (χ4v) is 2.63. The van der Waals surface area contributed by atoms with E-state index in [2.05, 4.69) is 62.8 Å². The molecule has 2 aromatic carbocycles. The lowest BCUT2D eigenvalue weighted by molar-refractivity contribution is 0.474. The lowest BCUT2D eigenvalue weighted by Crippen LogP contribution is -1.87. The van der Waals surface area contributed by atoms with Gasteiger partial charge in [-0.2, -0.15) is 0 Å². The molecule has 0 amide bonds. The molecule has 0 heterocycles. The van der Waals surface area contributed by atoms with Crippen molar-refractivity contribution in [3.05, 3.63) is 56.5 Å². The maximum absolute atomic E-state index is 9.78. The predicted octanol–water partition coefficient (Wildman–Crippen LogP) is 5.79. The van der Waals surface area contributed by atoms with Crippen LogP contribution in [0.25, 0.3) is 0 Å². The summed E-state index contributed by atoms with van der Waals surface area (Å²) in [4.78, 5) is 4.43. The van der Waals surface area contributed by atoms with Gasteiger partial charge in [0.25, 0.3) is 0 Å². The van der Waals surface area contributed by atoms with Gasteiger partial charge in [0.05, 0.1) is 5.69 Å². The first-order chi connectivity index (χ1) is 9.47. The normalized spacial score (nSPS) is 11.4. The summed E-state index contributed by atoms with van der Waals surface area (Å²) < 4.78 is 1.86. The van der Waals surface area contributed by atoms with Gasteiger partial charge < -0.3 is 5.11 Å². The molecule has 0 aliphatic rings. The van der Waals surface area contributed by atoms with E-state index in [0.29, 0.717) is 11.5 Å². The molecule has 4 heteroatoms. The van der Waals surface area contributed by atoms with Gasteiger partial charge in [0.2, 0.25) is 0 Å². The Morgan fingerprint density at radius 1 is 1.10 bits per heavy atom. The van der Waals surface area contributed by atoms with Gasteiger partial charge in [-0.05, 0) is 57.7 Å². The second-order valence-corrected chi connectivity index (χ2v) is 6.60. The molecule has 104 valence electrons. The summed E-state index contributed by atoms with van der Waals surface area (Å²) in [5, 5.41) is 9.78. The van der Waals surface area contributed by atoms with Crippen LogP contribution in [0.2, 0.25) is 0 Å². The van der Waals surface area contributed by atoms with Crippen molar-refractivity contribution in [2.24, 2.45) is 4.99 Å². The van der Waals surface area contributed by atoms with Gasteiger partial charge in [-0.3, -0.25) is 4.99 Å². The van der Waals surface area contributed by atoms with Crippen molar-refractivity contribution in [1.29, 1.82) is 0 Å². The number of nitrogens with zero attached hydrogens (tertiary/aromatic N) is 1. The lowest BCUT2D eigenvalue weighted by Gasteiger charge is -2.07. The van der Waals surface area contributed by atoms with Crippen LogP contribution < -0.4 is 0 Å². The van der Waals surface area contributed by atoms with Crippen LogP contribution in [0.5, 0.6) is 5.75 Å². The number of halogens is 2. The molecular formula is C16H15Br2NO. The van der Waals surface area contributed by atoms with Crippen molar-refractivity contribution in [3.8, 4) is 5.75 Å². The first-order valence-corrected chi connectivity index (χ1v) is 7.88. The van der Waals surface area contributed by atoms with E-state index in [4.69, 9.17) is 0 Å². The molecule has 0 aromatic heterocycles. The van der Waals surface area contributed by atoms with Crippen LogP contribution in [0, 0.1) is 0 Å². The molecule has 0 saturated heterocycles. The maximum Gasteiger partial charge on any atom is 0.124 e. The van der Waals surface area contributed by atoms with Crippen molar-refractivity contribution >= 4 is 43.8 Å². The molecule has 20 heavy (non-hydrogen) atoms. The average molecular weight is 397 g/mol. The van der Waals surface area contributed by atoms with E-state index in [0.717, 1.165) is 14.6 Å². The van der Waals surface area contributed by atoms with Crippen LogP contribution in [-0.2, 0) is 0 Å². The maximum atomic E-state index is 9.78. The average Bonchev–Trinajstić information content (AvgIpc) is 2.40. The number of aromatic hydroxyl groups is 1. The molecule has 0 saturated carbocycles. The quantitative estimate of drug-likeness (QED) is 0.654. The highest BCUT2D eigenvalue weighted by atomic mass is 79.9. The zero-order valence-electron chi connectivity index (χ0n) is 11.3. The molecule has 0 spiro atoms. The lowest BCUT2D eigenvalue weighted by atomic mass is 10.0. The minimum Gasteiger partial charge on any atom is -0.507 e. The largest absolute Gasteiger partial charge is 0.507 e. The number of hydrogen-bond acceptors (Lipinski definition) is 2. The Bertz CT molecular complexity index is 651. The SMILES string of the molecule is CC(C)c1ccc(N=Cc2cc(Br)ccc2O)c(Br)c1. The molecule has 2 aromatic rings. The Morgan fingerprint density at radius 2 is 1.85 bits per heavy atom. The first-order valence-electron chi connectivity index (χ1n) is 6.29. The minimum atomic E-state index is 0.215. The Hall–Kier alpha value is -1.13. The second kappa shape index (κ2) is 6.55. The van der Waals surface area contributed by atoms with Crippen molar-refractivity contribution in [2.45, 2.75) is 19.8 Å². The molecule has 0 aliphatic carbocycles. The van der Waals surface area contributed by atoms with Gasteiger partial charge in [-0.15, -0.1) is 0 Å². The minimum absolute atomic E-state index is 0.215. The van der Waals surface area contributed by atoms with E-state index < -0.39 is 0 Å². The number of phenols is 1. The third-order valence-electron chi connectivity index (χ3n) is 2.97. The van der Waals surface area contributed by atoms with Gasteiger partial charge >= 0.3 is 0 Å². The monoisotopic (exact) mass is 395 g/mol. The van der Waals surface area contributed by atoms with Crippen molar-refractivity contribution in [1.82, 2.24) is 0 Å². The zero-order chi connectivity index (χ0) is 14.7. The predicted molar refractivity (Wildman–Crippen MR) is 91.3 cm³/mol. The summed E-state index contributed by atoms with van der Waals surface area (Å²) in [5.74, 6) is 0.699. The molecule has 0 atom stereocenters. The second-order valence-electron chi connectivity index (χ2n) is 4.83. The van der Waals surface area contributed by atoms with E-state index >= 15 is 0 Å². The van der Waals surface area contributed by atoms with Crippen LogP contribution in [0.1, 0.15) is 30.9 Å². The van der Waals surface area contributed by atoms with Gasteiger partial charge in [0, 0.05) is 20.7 Å². The Morgan fingerprint density at radius 3 is 2.50 bits per heavy atom. The fraction of sp³-hybridized carbons (Fsp3) is 0.188. The molecule has 0 radical (unpaired) electrons. The summed E-state index contributed by atoms with van der Waals surface area (Å²) in [7, 11) is 0. The van der Waals surface area contributed by atoms with Gasteiger partial charge in [-0.25, -0.2) is 0 Å². The van der Waals surface area contributed by atoms with Crippen LogP contribution in [0.15, 0.2) is 50.3 Å². The molecule has 0 unspecified atom stereocenters. The van der Waals surface area contributed by atoms with Gasteiger partial charge in [0.1, 0.15) is 5.75 Å². The highest BCUT2D eigenvalue weighted by molar-refractivity contribution is 9.10. The summed E-state index contributed by atoms with van der Waals surface area (Å²) in [5.41, 5.74) is 2.79. The molecule has 0 fully saturated rings. The molecule has 1 N–H and O–H groups in total. The molecule has 2 rings (SSSR count). The summed E-state index contributed by atoms with van der Waals surface area (Å²) in [6.45, 7) is 4.31. The standard InChI is InChI=1S/C16H15Br2NO/c1-10(2)11-3-5-15(14(18)8-11)19-9-12-7-13(17)4-6-16(12)20/h3-10,20H,1-2H3. The van der Waals surface area contributed by atoms with Crippen LogP contribution in [-0.4, -0.2) is 11.3 Å². The van der Waals surface area contributed by atoms with E-state index in [1.807, 2.05) is 12.1 Å². The Labute approximate surface area is 135 Å². The van der Waals surface area contributed by atoms with Gasteiger partial charge in [0.15, 0.2) is 0 Å². The van der Waals surface area contributed by atoms with Gasteiger partial charge in [-0.1, -0.05) is 35.8 Å². The smallest absolute Gasteiger partial charge is 0.124 e. The zero-order valence-corrected chi connectivity index (χ0v) is 14.4. The molecule has 0 aliphatic heterocycles. The van der Waals surface area contributed by atoms with Crippen LogP contribution >= 0.6 is 31.9 Å². The van der Waals surface area contributed by atoms with E-state index in [1.165, 1.54) is 5.56 Å². The highest BCUT2D eigenvalue weighted by Gasteiger charge is 2.04. The number of rotatable bonds is 3. The highest BCUT2D eigenvalue weighted by Crippen LogP contribution is 2.29. The van der Waals surface area contributed by atoms with E-state index in [1.54, 1.807) is 18.3 Å². The fourth-order valence-electron chi connectivity index (χ4n) is 1.75. The molecule has 0 bridgehead atoms. The summed E-state index contributed by atoms with van der Waals surface area (Å²) in [6, 6.07) is 11.4. The number of benzene rings is 2. The number of phenolic OH excluding ortho intramolecular Hbond substituents is 1. The van der Waals surface area contributed by atoms with E-state index in [-0.39, 0.29) is 5.75 Å². The Kier molecular flexibility index (Phi) is 5.00. The number of hydrogen-bond donors (Lipinski definition) is 1.